The van der Waals surface area contributed by atoms with Crippen molar-refractivity contribution in [3.63, 3.8) is 0 Å². The van der Waals surface area contributed by atoms with Gasteiger partial charge in [0, 0.05) is 11.4 Å². The zero-order valence-corrected chi connectivity index (χ0v) is 14.0. The van der Waals surface area contributed by atoms with Crippen LogP contribution in [-0.2, 0) is 11.8 Å². The zero-order valence-electron chi connectivity index (χ0n) is 8.39. The van der Waals surface area contributed by atoms with Crippen molar-refractivity contribution in [2.24, 2.45) is 0 Å². The molecule has 0 saturated carbocycles. The van der Waals surface area contributed by atoms with E-state index >= 15 is 0 Å². The van der Waals surface area contributed by atoms with Crippen molar-refractivity contribution in [1.29, 1.82) is 0 Å². The van der Waals surface area contributed by atoms with E-state index in [2.05, 4.69) is 11.8 Å². The molecule has 1 rings (SSSR count). The van der Waals surface area contributed by atoms with Crippen molar-refractivity contribution in [1.82, 2.24) is 0 Å². The van der Waals surface area contributed by atoms with E-state index in [0.717, 1.165) is 4.90 Å². The first kappa shape index (κ1) is 15.6. The first-order valence-electron chi connectivity index (χ1n) is 3.63. The fourth-order valence-electron chi connectivity index (χ4n) is 0.828. The fourth-order valence-corrected chi connectivity index (χ4v) is 2.00. The van der Waals surface area contributed by atoms with Gasteiger partial charge in [0.15, 0.2) is 0 Å². The van der Waals surface area contributed by atoms with Crippen molar-refractivity contribution >= 4 is 30.1 Å². The molecule has 0 aliphatic heterocycles. The third kappa shape index (κ3) is 6.25. The molecule has 0 aromatic heterocycles. The average molecular weight is 272 g/mol. The predicted molar refractivity (Wildman–Crippen MR) is 59.1 cm³/mol. The minimum Gasteiger partial charge on any atom is -0.792 e. The zero-order chi connectivity index (χ0) is 9.90. The maximum atomic E-state index is 11.1. The van der Waals surface area contributed by atoms with Gasteiger partial charge >= 0.3 is 51.4 Å². The van der Waals surface area contributed by atoms with Gasteiger partial charge in [-0.3, -0.25) is 0 Å². The summed E-state index contributed by atoms with van der Waals surface area (Å²) in [6, 6.07) is 7.36. The molecule has 1 aromatic rings. The first-order chi connectivity index (χ1) is 6.01. The van der Waals surface area contributed by atoms with Crippen molar-refractivity contribution in [2.45, 2.75) is 4.90 Å². The summed E-state index contributed by atoms with van der Waals surface area (Å²) >= 11 is 6.30. The van der Waals surface area contributed by atoms with Gasteiger partial charge in [0.2, 0.25) is 0 Å². The van der Waals surface area contributed by atoms with Crippen molar-refractivity contribution in [2.75, 3.05) is 12.9 Å². The molecule has 0 amide bonds. The Hall–Kier alpha value is 1.62. The third-order valence-corrected chi connectivity index (χ3v) is 2.84. The summed E-state index contributed by atoms with van der Waals surface area (Å²) in [5, 5.41) is 0. The van der Waals surface area contributed by atoms with E-state index < -0.39 is 6.49 Å². The summed E-state index contributed by atoms with van der Waals surface area (Å²) in [5.41, 5.74) is 0. The van der Waals surface area contributed by atoms with E-state index in [9.17, 15) is 4.89 Å². The van der Waals surface area contributed by atoms with Gasteiger partial charge in [-0.2, -0.15) is 0 Å². The van der Waals surface area contributed by atoms with Crippen LogP contribution in [0.15, 0.2) is 29.2 Å². The van der Waals surface area contributed by atoms with Gasteiger partial charge in [-0.05, 0) is 37.2 Å². The smallest absolute Gasteiger partial charge is 0.792 e. The Morgan fingerprint density at radius 2 is 1.86 bits per heavy atom. The van der Waals surface area contributed by atoms with Crippen molar-refractivity contribution < 1.29 is 60.8 Å². The van der Waals surface area contributed by atoms with Crippen LogP contribution >= 0.6 is 18.3 Å². The van der Waals surface area contributed by atoms with Crippen molar-refractivity contribution in [3.05, 3.63) is 24.3 Å². The molecule has 1 atom stereocenters. The molecule has 0 heterocycles. The topological polar surface area (TPSA) is 32.3 Å². The Bertz CT molecular complexity index is 323. The first-order valence-corrected chi connectivity index (χ1v) is 7.94. The van der Waals surface area contributed by atoms with Crippen LogP contribution in [0.3, 0.4) is 0 Å². The predicted octanol–water partition coefficient (Wildman–Crippen LogP) is -0.909. The van der Waals surface area contributed by atoms with Gasteiger partial charge in [0.05, 0.1) is 0 Å². The minimum atomic E-state index is -2.83. The summed E-state index contributed by atoms with van der Waals surface area (Å²) in [6.45, 7) is -1.41. The molecule has 14 heavy (non-hydrogen) atoms. The van der Waals surface area contributed by atoms with E-state index in [1.165, 1.54) is 6.66 Å². The summed E-state index contributed by atoms with van der Waals surface area (Å²) in [6.07, 6.45) is 1.99. The Labute approximate surface area is 136 Å². The van der Waals surface area contributed by atoms with Crippen LogP contribution in [0.4, 0.5) is 0 Å². The molecule has 2 nitrogen and oxygen atoms in total. The Morgan fingerprint density at radius 3 is 2.21 bits per heavy atom. The summed E-state index contributed by atoms with van der Waals surface area (Å²) in [7, 11) is 0. The number of hydrogen-bond acceptors (Lipinski definition) is 4. The second-order valence-electron chi connectivity index (χ2n) is 2.54. The monoisotopic (exact) mass is 272 g/mol. The van der Waals surface area contributed by atoms with E-state index in [1.807, 2.05) is 18.4 Å². The van der Waals surface area contributed by atoms with E-state index in [-0.39, 0.29) is 51.4 Å². The van der Waals surface area contributed by atoms with Gasteiger partial charge in [0.25, 0.3) is 0 Å². The van der Waals surface area contributed by atoms with E-state index in [0.29, 0.717) is 5.75 Å². The summed E-state index contributed by atoms with van der Waals surface area (Å²) in [4.78, 5) is 12.3. The quantitative estimate of drug-likeness (QED) is 0.405. The molecule has 1 unspecified atom stereocenters. The molecule has 0 aliphatic rings. The van der Waals surface area contributed by atoms with Crippen LogP contribution in [-0.4, -0.2) is 12.9 Å². The SMILES string of the molecule is CSc1ccc(OP(C)([O-])=S)cc1.[K+]. The van der Waals surface area contributed by atoms with Gasteiger partial charge in [-0.1, -0.05) is 11.8 Å². The van der Waals surface area contributed by atoms with Crippen molar-refractivity contribution in [3.8, 4) is 5.75 Å². The van der Waals surface area contributed by atoms with Crippen LogP contribution in [0.5, 0.6) is 5.75 Å². The average Bonchev–Trinajstić information content (AvgIpc) is 2.03. The molecule has 0 spiro atoms. The van der Waals surface area contributed by atoms with Crippen LogP contribution in [0.2, 0.25) is 0 Å². The third-order valence-electron chi connectivity index (χ3n) is 1.33. The number of thioether (sulfide) groups is 1. The Kier molecular flexibility index (Phi) is 7.86. The van der Waals surface area contributed by atoms with Crippen LogP contribution < -0.4 is 60.8 Å². The molecule has 72 valence electrons. The molecule has 0 aliphatic carbocycles. The number of rotatable bonds is 3. The van der Waals surface area contributed by atoms with Crippen LogP contribution in [0.25, 0.3) is 0 Å². The summed E-state index contributed by atoms with van der Waals surface area (Å²) in [5.74, 6) is 0.568. The second kappa shape index (κ2) is 7.04. The fraction of sp³-hybridized carbons (Fsp3) is 0.250. The van der Waals surface area contributed by atoms with Crippen LogP contribution in [0, 0.1) is 0 Å². The van der Waals surface area contributed by atoms with Crippen LogP contribution in [0.1, 0.15) is 0 Å². The Balaban J connectivity index is 0.00000169. The van der Waals surface area contributed by atoms with Gasteiger partial charge < -0.3 is 9.42 Å². The maximum absolute atomic E-state index is 11.1. The van der Waals surface area contributed by atoms with E-state index in [1.54, 1.807) is 23.9 Å². The molecule has 1 aromatic carbocycles. The molecule has 6 heteroatoms. The minimum absolute atomic E-state index is 0. The molecular weight excluding hydrogens is 262 g/mol. The van der Waals surface area contributed by atoms with Gasteiger partial charge in [0.1, 0.15) is 5.75 Å². The number of benzene rings is 1. The molecule has 0 fully saturated rings. The van der Waals surface area contributed by atoms with Gasteiger partial charge in [-0.15, -0.1) is 11.8 Å². The number of hydrogen-bond donors (Lipinski definition) is 0. The van der Waals surface area contributed by atoms with E-state index in [4.69, 9.17) is 4.52 Å². The normalized spacial score (nSPS) is 13.9. The molecule has 0 bridgehead atoms. The van der Waals surface area contributed by atoms with Gasteiger partial charge in [-0.25, -0.2) is 0 Å². The largest absolute Gasteiger partial charge is 1.00 e. The second-order valence-corrected chi connectivity index (χ2v) is 7.13. The molecule has 0 N–H and O–H groups in total. The maximum Gasteiger partial charge on any atom is 1.00 e. The Morgan fingerprint density at radius 1 is 1.36 bits per heavy atom. The summed E-state index contributed by atoms with van der Waals surface area (Å²) < 4.78 is 5.06. The standard InChI is InChI=1S/C8H11O2PS2.K/c1-11(9,12)10-7-3-5-8(13-2)6-4-7;/h3-6H,1-2H3,(H,9,12);/q;+1/p-1. The molecule has 0 radical (unpaired) electrons. The molecular formula is C8H10KO2PS2. The molecule has 0 saturated heterocycles.